The molecule has 0 atom stereocenters. The van der Waals surface area contributed by atoms with E-state index in [0.717, 1.165) is 16.8 Å². The van der Waals surface area contributed by atoms with Crippen LogP contribution in [0.1, 0.15) is 11.1 Å². The Bertz CT molecular complexity index is 624. The van der Waals surface area contributed by atoms with E-state index in [1.165, 1.54) is 6.33 Å². The smallest absolute Gasteiger partial charge is 0.266 e. The van der Waals surface area contributed by atoms with E-state index >= 15 is 0 Å². The van der Waals surface area contributed by atoms with Crippen molar-refractivity contribution in [3.05, 3.63) is 49.6 Å². The minimum absolute atomic E-state index is 0.141. The van der Waals surface area contributed by atoms with Crippen molar-refractivity contribution in [3.8, 4) is 0 Å². The van der Waals surface area contributed by atoms with E-state index in [0.29, 0.717) is 15.9 Å². The van der Waals surface area contributed by atoms with Gasteiger partial charge in [-0.2, -0.15) is 0 Å². The van der Waals surface area contributed by atoms with Crippen LogP contribution in [0.3, 0.4) is 0 Å². The Morgan fingerprint density at radius 2 is 2.28 bits per heavy atom. The highest BCUT2D eigenvalue weighted by Gasteiger charge is 2.06. The fourth-order valence-electron chi connectivity index (χ4n) is 1.58. The second-order valence-corrected chi connectivity index (χ2v) is 4.96. The maximum atomic E-state index is 11.4. The molecular formula is C12H13IN4O. The number of nitrogens with two attached hydrogens (primary N) is 1. The van der Waals surface area contributed by atoms with Gasteiger partial charge < -0.3 is 16.0 Å². The van der Waals surface area contributed by atoms with Gasteiger partial charge in [0.05, 0.1) is 6.33 Å². The zero-order valence-electron chi connectivity index (χ0n) is 9.83. The molecule has 0 amide bonds. The molecule has 2 aromatic rings. The summed E-state index contributed by atoms with van der Waals surface area (Å²) < 4.78 is 0.552. The molecule has 2 rings (SSSR count). The van der Waals surface area contributed by atoms with E-state index in [4.69, 9.17) is 5.73 Å². The van der Waals surface area contributed by atoms with Crippen molar-refractivity contribution in [1.82, 2.24) is 9.97 Å². The molecular weight excluding hydrogens is 343 g/mol. The highest BCUT2D eigenvalue weighted by Crippen LogP contribution is 2.17. The Morgan fingerprint density at radius 1 is 1.50 bits per heavy atom. The number of nitrogen functional groups attached to an aromatic ring is 1. The van der Waals surface area contributed by atoms with Gasteiger partial charge in [0, 0.05) is 12.2 Å². The number of nitrogens with zero attached hydrogens (tertiary/aromatic N) is 1. The molecule has 6 heteroatoms. The Morgan fingerprint density at radius 3 is 3.06 bits per heavy atom. The molecule has 94 valence electrons. The van der Waals surface area contributed by atoms with Gasteiger partial charge in [0.2, 0.25) is 0 Å². The van der Waals surface area contributed by atoms with E-state index in [1.54, 1.807) is 0 Å². The summed E-state index contributed by atoms with van der Waals surface area (Å²) in [6.45, 7) is 2.56. The lowest BCUT2D eigenvalue weighted by Gasteiger charge is -2.10. The molecule has 4 N–H and O–H groups in total. The molecule has 0 unspecified atom stereocenters. The molecule has 5 nitrogen and oxygen atoms in total. The highest BCUT2D eigenvalue weighted by molar-refractivity contribution is 14.1. The Labute approximate surface area is 118 Å². The Kier molecular flexibility index (Phi) is 3.85. The molecule has 0 saturated heterocycles. The van der Waals surface area contributed by atoms with Crippen molar-refractivity contribution in [2.24, 2.45) is 0 Å². The second kappa shape index (κ2) is 5.38. The number of hydrogen-bond donors (Lipinski definition) is 3. The van der Waals surface area contributed by atoms with Crippen LogP contribution in [0.25, 0.3) is 0 Å². The molecule has 0 aliphatic heterocycles. The molecule has 0 spiro atoms. The zero-order valence-corrected chi connectivity index (χ0v) is 12.0. The second-order valence-electron chi connectivity index (χ2n) is 3.88. The van der Waals surface area contributed by atoms with Crippen LogP contribution in [0.15, 0.2) is 29.3 Å². The maximum Gasteiger partial charge on any atom is 0.266 e. The van der Waals surface area contributed by atoms with Crippen LogP contribution in [0.5, 0.6) is 0 Å². The van der Waals surface area contributed by atoms with Gasteiger partial charge in [0.25, 0.3) is 5.56 Å². The fraction of sp³-hybridized carbons (Fsp3) is 0.167. The number of nitrogens with one attached hydrogen (secondary N) is 2. The molecule has 1 aromatic heterocycles. The molecule has 0 bridgehead atoms. The molecule has 0 saturated carbocycles. The summed E-state index contributed by atoms with van der Waals surface area (Å²) in [6, 6.07) is 5.78. The van der Waals surface area contributed by atoms with E-state index in [1.807, 2.05) is 47.7 Å². The van der Waals surface area contributed by atoms with Gasteiger partial charge in [-0.3, -0.25) is 4.79 Å². The van der Waals surface area contributed by atoms with Crippen molar-refractivity contribution in [3.63, 3.8) is 0 Å². The predicted molar refractivity (Wildman–Crippen MR) is 80.5 cm³/mol. The third-order valence-electron chi connectivity index (χ3n) is 2.73. The van der Waals surface area contributed by atoms with Crippen LogP contribution in [0.2, 0.25) is 0 Å². The quantitative estimate of drug-likeness (QED) is 0.579. The van der Waals surface area contributed by atoms with E-state index < -0.39 is 0 Å². The van der Waals surface area contributed by atoms with E-state index in [9.17, 15) is 4.79 Å². The number of hydrogen-bond acceptors (Lipinski definition) is 4. The molecule has 1 heterocycles. The lowest BCUT2D eigenvalue weighted by atomic mass is 10.1. The Hall–Kier alpha value is -1.57. The van der Waals surface area contributed by atoms with Crippen molar-refractivity contribution in [2.75, 3.05) is 11.1 Å². The van der Waals surface area contributed by atoms with Crippen LogP contribution < -0.4 is 16.6 Å². The number of rotatable bonds is 3. The van der Waals surface area contributed by atoms with Crippen LogP contribution in [0, 0.1) is 10.5 Å². The first kappa shape index (κ1) is 12.9. The van der Waals surface area contributed by atoms with Gasteiger partial charge in [0.15, 0.2) is 0 Å². The fourth-order valence-corrected chi connectivity index (χ4v) is 2.07. The lowest BCUT2D eigenvalue weighted by Crippen LogP contribution is -2.15. The predicted octanol–water partition coefficient (Wildman–Crippen LogP) is 1.88. The average Bonchev–Trinajstić information content (AvgIpc) is 2.36. The van der Waals surface area contributed by atoms with Gasteiger partial charge in [-0.15, -0.1) is 0 Å². The first-order chi connectivity index (χ1) is 8.59. The first-order valence-corrected chi connectivity index (χ1v) is 6.48. The average molecular weight is 356 g/mol. The van der Waals surface area contributed by atoms with E-state index in [-0.39, 0.29) is 5.56 Å². The lowest BCUT2D eigenvalue weighted by molar-refractivity contribution is 1.04. The van der Waals surface area contributed by atoms with Crippen molar-refractivity contribution in [2.45, 2.75) is 13.5 Å². The van der Waals surface area contributed by atoms with Crippen molar-refractivity contribution in [1.29, 1.82) is 0 Å². The van der Waals surface area contributed by atoms with Crippen molar-refractivity contribution >= 4 is 34.1 Å². The first-order valence-electron chi connectivity index (χ1n) is 5.40. The van der Waals surface area contributed by atoms with Gasteiger partial charge in [-0.05, 0) is 46.7 Å². The standard InChI is InChI=1S/C12H13IN4O/c1-7-8(3-2-4-9(7)14)5-15-11-10(13)12(18)17-6-16-11/h2-4,6H,5,14H2,1H3,(H2,15,16,17,18). The monoisotopic (exact) mass is 356 g/mol. The number of halogens is 1. The topological polar surface area (TPSA) is 83.8 Å². The molecule has 0 fully saturated rings. The summed E-state index contributed by atoms with van der Waals surface area (Å²) >= 11 is 1.97. The normalized spacial score (nSPS) is 10.3. The van der Waals surface area contributed by atoms with Crippen LogP contribution >= 0.6 is 22.6 Å². The summed E-state index contributed by atoms with van der Waals surface area (Å²) in [5, 5.41) is 3.14. The van der Waals surface area contributed by atoms with Crippen LogP contribution in [-0.2, 0) is 6.54 Å². The largest absolute Gasteiger partial charge is 0.399 e. The molecule has 0 aliphatic rings. The summed E-state index contributed by atoms with van der Waals surface area (Å²) in [6.07, 6.45) is 1.39. The molecule has 0 aliphatic carbocycles. The van der Waals surface area contributed by atoms with Gasteiger partial charge in [-0.1, -0.05) is 12.1 Å². The number of anilines is 2. The minimum atomic E-state index is -0.141. The SMILES string of the molecule is Cc1c(N)cccc1CNc1nc[nH]c(=O)c1I. The highest BCUT2D eigenvalue weighted by atomic mass is 127. The van der Waals surface area contributed by atoms with Gasteiger partial charge in [-0.25, -0.2) is 4.98 Å². The Balaban J connectivity index is 2.19. The molecule has 18 heavy (non-hydrogen) atoms. The number of H-pyrrole nitrogens is 1. The number of benzene rings is 1. The zero-order chi connectivity index (χ0) is 13.1. The molecule has 0 radical (unpaired) electrons. The van der Waals surface area contributed by atoms with Crippen LogP contribution in [0.4, 0.5) is 11.5 Å². The minimum Gasteiger partial charge on any atom is -0.399 e. The summed E-state index contributed by atoms with van der Waals surface area (Å²) in [4.78, 5) is 18.0. The van der Waals surface area contributed by atoms with Crippen molar-refractivity contribution < 1.29 is 0 Å². The molecule has 1 aromatic carbocycles. The summed E-state index contributed by atoms with van der Waals surface area (Å²) in [5.41, 5.74) is 8.61. The van der Waals surface area contributed by atoms with Crippen LogP contribution in [-0.4, -0.2) is 9.97 Å². The van der Waals surface area contributed by atoms with E-state index in [2.05, 4.69) is 15.3 Å². The third-order valence-corrected chi connectivity index (χ3v) is 3.73. The maximum absolute atomic E-state index is 11.4. The number of aromatic nitrogens is 2. The summed E-state index contributed by atoms with van der Waals surface area (Å²) in [7, 11) is 0. The number of aromatic amines is 1. The van der Waals surface area contributed by atoms with Gasteiger partial charge in [0.1, 0.15) is 9.39 Å². The summed E-state index contributed by atoms with van der Waals surface area (Å²) in [5.74, 6) is 0.584. The third kappa shape index (κ3) is 2.63. The van der Waals surface area contributed by atoms with Gasteiger partial charge >= 0.3 is 0 Å².